The molecule has 6 heteroatoms. The van der Waals surface area contributed by atoms with E-state index < -0.39 is 0 Å². The summed E-state index contributed by atoms with van der Waals surface area (Å²) in [4.78, 5) is 18.5. The first-order chi connectivity index (χ1) is 10.3. The molecule has 1 aliphatic rings. The van der Waals surface area contributed by atoms with Gasteiger partial charge < -0.3 is 9.72 Å². The Bertz CT molecular complexity index is 557. The number of rotatable bonds is 4. The first kappa shape index (κ1) is 14.2. The van der Waals surface area contributed by atoms with E-state index in [1.54, 1.807) is 6.20 Å². The van der Waals surface area contributed by atoms with Crippen LogP contribution in [0.4, 0.5) is 0 Å². The molecule has 0 amide bonds. The minimum atomic E-state index is 0.455. The van der Waals surface area contributed by atoms with Gasteiger partial charge in [-0.25, -0.2) is 15.0 Å². The van der Waals surface area contributed by atoms with E-state index in [4.69, 9.17) is 4.74 Å². The molecular weight excluding hydrogens is 266 g/mol. The van der Waals surface area contributed by atoms with Crippen molar-refractivity contribution in [1.82, 2.24) is 24.8 Å². The molecule has 0 unspecified atom stereocenters. The Morgan fingerprint density at radius 3 is 3.14 bits per heavy atom. The van der Waals surface area contributed by atoms with Gasteiger partial charge in [-0.15, -0.1) is 0 Å². The number of aromatic amines is 1. The van der Waals surface area contributed by atoms with Gasteiger partial charge in [0.25, 0.3) is 0 Å². The Morgan fingerprint density at radius 1 is 1.38 bits per heavy atom. The first-order valence-corrected chi connectivity index (χ1v) is 7.36. The van der Waals surface area contributed by atoms with Crippen LogP contribution in [0.1, 0.15) is 17.3 Å². The van der Waals surface area contributed by atoms with Crippen LogP contribution in [0.5, 0.6) is 0 Å². The summed E-state index contributed by atoms with van der Waals surface area (Å²) >= 11 is 0. The standard InChI is InChI=1S/C15H21N5O/c1-12-16-3-2-14(19-12)8-13-9-20(6-7-21-11-13)10-15-17-4-5-18-15/h2-5,13H,6-11H2,1H3,(H,17,18)/t13-/m1/s1. The molecule has 0 saturated carbocycles. The average Bonchev–Trinajstić information content (AvgIpc) is 2.86. The number of aromatic nitrogens is 4. The number of imidazole rings is 1. The summed E-state index contributed by atoms with van der Waals surface area (Å²) in [7, 11) is 0. The van der Waals surface area contributed by atoms with Crippen LogP contribution in [0.25, 0.3) is 0 Å². The van der Waals surface area contributed by atoms with Gasteiger partial charge in [0.2, 0.25) is 0 Å². The first-order valence-electron chi connectivity index (χ1n) is 7.36. The van der Waals surface area contributed by atoms with Crippen molar-refractivity contribution in [3.05, 3.63) is 42.0 Å². The third kappa shape index (κ3) is 4.09. The van der Waals surface area contributed by atoms with Crippen LogP contribution < -0.4 is 0 Å². The maximum absolute atomic E-state index is 5.74. The lowest BCUT2D eigenvalue weighted by Crippen LogP contribution is -2.31. The lowest BCUT2D eigenvalue weighted by Gasteiger charge is -2.22. The third-order valence-corrected chi connectivity index (χ3v) is 3.68. The smallest absolute Gasteiger partial charge is 0.125 e. The Labute approximate surface area is 124 Å². The predicted molar refractivity (Wildman–Crippen MR) is 78.6 cm³/mol. The van der Waals surface area contributed by atoms with E-state index in [1.165, 1.54) is 0 Å². The van der Waals surface area contributed by atoms with Crippen molar-refractivity contribution in [1.29, 1.82) is 0 Å². The maximum Gasteiger partial charge on any atom is 0.125 e. The predicted octanol–water partition coefficient (Wildman–Crippen LogP) is 1.20. The minimum Gasteiger partial charge on any atom is -0.380 e. The number of nitrogens with zero attached hydrogens (tertiary/aromatic N) is 4. The molecule has 112 valence electrons. The monoisotopic (exact) mass is 287 g/mol. The molecule has 6 nitrogen and oxygen atoms in total. The summed E-state index contributed by atoms with van der Waals surface area (Å²) in [5.41, 5.74) is 1.09. The van der Waals surface area contributed by atoms with Crippen LogP contribution in [-0.2, 0) is 17.7 Å². The Morgan fingerprint density at radius 2 is 2.33 bits per heavy atom. The number of nitrogens with one attached hydrogen (secondary N) is 1. The quantitative estimate of drug-likeness (QED) is 0.915. The second-order valence-corrected chi connectivity index (χ2v) is 5.51. The van der Waals surface area contributed by atoms with E-state index in [2.05, 4.69) is 24.8 Å². The molecule has 0 spiro atoms. The van der Waals surface area contributed by atoms with Crippen molar-refractivity contribution in [2.75, 3.05) is 26.3 Å². The van der Waals surface area contributed by atoms with Gasteiger partial charge in [0.05, 0.1) is 19.8 Å². The molecule has 0 radical (unpaired) electrons. The highest BCUT2D eigenvalue weighted by Crippen LogP contribution is 2.14. The Kier molecular flexibility index (Phi) is 4.57. The van der Waals surface area contributed by atoms with Gasteiger partial charge >= 0.3 is 0 Å². The maximum atomic E-state index is 5.74. The molecule has 1 N–H and O–H groups in total. The minimum absolute atomic E-state index is 0.455. The highest BCUT2D eigenvalue weighted by Gasteiger charge is 2.20. The topological polar surface area (TPSA) is 66.9 Å². The van der Waals surface area contributed by atoms with Crippen LogP contribution in [0.3, 0.4) is 0 Å². The fourth-order valence-electron chi connectivity index (χ4n) is 2.73. The summed E-state index contributed by atoms with van der Waals surface area (Å²) in [6.45, 7) is 6.29. The van der Waals surface area contributed by atoms with E-state index in [0.717, 1.165) is 56.6 Å². The summed E-state index contributed by atoms with van der Waals surface area (Å²) in [6, 6.07) is 1.99. The van der Waals surface area contributed by atoms with Crippen molar-refractivity contribution in [3.63, 3.8) is 0 Å². The fraction of sp³-hybridized carbons (Fsp3) is 0.533. The van der Waals surface area contributed by atoms with Crippen molar-refractivity contribution < 1.29 is 4.74 Å². The molecule has 1 saturated heterocycles. The molecule has 21 heavy (non-hydrogen) atoms. The van der Waals surface area contributed by atoms with Crippen molar-refractivity contribution in [3.8, 4) is 0 Å². The summed E-state index contributed by atoms with van der Waals surface area (Å²) in [6.07, 6.45) is 6.42. The third-order valence-electron chi connectivity index (χ3n) is 3.68. The van der Waals surface area contributed by atoms with E-state index in [9.17, 15) is 0 Å². The zero-order chi connectivity index (χ0) is 14.5. The molecule has 3 rings (SSSR count). The van der Waals surface area contributed by atoms with Crippen LogP contribution >= 0.6 is 0 Å². The SMILES string of the molecule is Cc1nccc(C[C@H]2COCCN(Cc3ncc[nH]3)C2)n1. The van der Waals surface area contributed by atoms with E-state index in [0.29, 0.717) is 5.92 Å². The highest BCUT2D eigenvalue weighted by atomic mass is 16.5. The number of hydrogen-bond donors (Lipinski definition) is 1. The molecule has 2 aromatic rings. The van der Waals surface area contributed by atoms with E-state index in [1.807, 2.05) is 25.4 Å². The Balaban J connectivity index is 1.62. The zero-order valence-corrected chi connectivity index (χ0v) is 12.3. The fourth-order valence-corrected chi connectivity index (χ4v) is 2.73. The number of ether oxygens (including phenoxy) is 1. The Hall–Kier alpha value is -1.79. The van der Waals surface area contributed by atoms with Gasteiger partial charge in [-0.05, 0) is 19.4 Å². The van der Waals surface area contributed by atoms with Crippen LogP contribution in [-0.4, -0.2) is 51.1 Å². The van der Waals surface area contributed by atoms with Gasteiger partial charge in [0.15, 0.2) is 0 Å². The van der Waals surface area contributed by atoms with Crippen LogP contribution in [0, 0.1) is 12.8 Å². The van der Waals surface area contributed by atoms with Gasteiger partial charge in [-0.1, -0.05) is 0 Å². The number of hydrogen-bond acceptors (Lipinski definition) is 5. The number of aryl methyl sites for hydroxylation is 1. The van der Waals surface area contributed by atoms with Crippen LogP contribution in [0.15, 0.2) is 24.7 Å². The van der Waals surface area contributed by atoms with Gasteiger partial charge in [-0.3, -0.25) is 4.90 Å². The summed E-state index contributed by atoms with van der Waals surface area (Å²) in [5, 5.41) is 0. The molecule has 2 aromatic heterocycles. The molecule has 0 aliphatic carbocycles. The summed E-state index contributed by atoms with van der Waals surface area (Å²) in [5.74, 6) is 2.29. The van der Waals surface area contributed by atoms with Crippen molar-refractivity contribution >= 4 is 0 Å². The largest absolute Gasteiger partial charge is 0.380 e. The van der Waals surface area contributed by atoms with E-state index >= 15 is 0 Å². The zero-order valence-electron chi connectivity index (χ0n) is 12.3. The van der Waals surface area contributed by atoms with Crippen molar-refractivity contribution in [2.45, 2.75) is 19.9 Å². The highest BCUT2D eigenvalue weighted by molar-refractivity contribution is 5.03. The lowest BCUT2D eigenvalue weighted by atomic mass is 10.0. The molecule has 3 heterocycles. The van der Waals surface area contributed by atoms with Gasteiger partial charge in [0.1, 0.15) is 11.6 Å². The van der Waals surface area contributed by atoms with Crippen molar-refractivity contribution in [2.24, 2.45) is 5.92 Å². The van der Waals surface area contributed by atoms with E-state index in [-0.39, 0.29) is 0 Å². The van der Waals surface area contributed by atoms with Gasteiger partial charge in [-0.2, -0.15) is 0 Å². The molecule has 1 fully saturated rings. The molecule has 1 atom stereocenters. The second kappa shape index (κ2) is 6.78. The molecular formula is C15H21N5O. The lowest BCUT2D eigenvalue weighted by molar-refractivity contribution is 0.121. The average molecular weight is 287 g/mol. The molecule has 0 aromatic carbocycles. The molecule has 1 aliphatic heterocycles. The second-order valence-electron chi connectivity index (χ2n) is 5.51. The number of H-pyrrole nitrogens is 1. The van der Waals surface area contributed by atoms with Gasteiger partial charge in [0, 0.05) is 43.3 Å². The van der Waals surface area contributed by atoms with Crippen LogP contribution in [0.2, 0.25) is 0 Å². The molecule has 0 bridgehead atoms. The summed E-state index contributed by atoms with van der Waals surface area (Å²) < 4.78 is 5.74. The normalized spacial score (nSPS) is 20.3.